The number of nitrogen functional groups attached to an aromatic ring is 1. The highest BCUT2D eigenvalue weighted by Crippen LogP contribution is 2.63. The van der Waals surface area contributed by atoms with E-state index in [9.17, 15) is 14.4 Å². The maximum absolute atomic E-state index is 14.3. The lowest BCUT2D eigenvalue weighted by Gasteiger charge is -2.52. The largest absolute Gasteiger partial charge is 0.398 e. The predicted molar refractivity (Wildman–Crippen MR) is 151 cm³/mol. The van der Waals surface area contributed by atoms with Crippen molar-refractivity contribution in [3.8, 4) is 0 Å². The van der Waals surface area contributed by atoms with Crippen LogP contribution in [0.1, 0.15) is 44.1 Å². The number of nitrogens with one attached hydrogen (secondary N) is 1. The first-order valence-corrected chi connectivity index (χ1v) is 13.3. The number of para-hydroxylation sites is 1. The smallest absolute Gasteiger partial charge is 0.273 e. The molecule has 8 rings (SSSR count). The van der Waals surface area contributed by atoms with Gasteiger partial charge in [-0.3, -0.25) is 19.3 Å². The lowest BCUT2D eigenvalue weighted by atomic mass is 9.47. The summed E-state index contributed by atoms with van der Waals surface area (Å²) in [6.07, 6.45) is 1.66. The highest BCUT2D eigenvalue weighted by Gasteiger charge is 2.67. The Balaban J connectivity index is 1.37. The van der Waals surface area contributed by atoms with Crippen molar-refractivity contribution >= 4 is 29.6 Å². The molecule has 0 saturated carbocycles. The highest BCUT2D eigenvalue weighted by atomic mass is 16.2. The first-order valence-electron chi connectivity index (χ1n) is 13.3. The second-order valence-corrected chi connectivity index (χ2v) is 10.6. The van der Waals surface area contributed by atoms with Gasteiger partial charge in [0.25, 0.3) is 5.91 Å². The number of amides is 3. The van der Waals surface area contributed by atoms with Crippen molar-refractivity contribution in [2.45, 2.75) is 17.9 Å². The molecular formula is C33H26N4O3. The summed E-state index contributed by atoms with van der Waals surface area (Å²) < 4.78 is 0. The van der Waals surface area contributed by atoms with Gasteiger partial charge in [0.05, 0.1) is 29.4 Å². The summed E-state index contributed by atoms with van der Waals surface area (Å²) in [5, 5.41) is 4.44. The molecule has 2 unspecified atom stereocenters. The lowest BCUT2D eigenvalue weighted by molar-refractivity contribution is -0.140. The van der Waals surface area contributed by atoms with E-state index in [0.29, 0.717) is 11.3 Å². The van der Waals surface area contributed by atoms with Crippen molar-refractivity contribution in [2.24, 2.45) is 16.9 Å². The number of carbonyl (C=O) groups excluding carboxylic acids is 3. The van der Waals surface area contributed by atoms with Gasteiger partial charge < -0.3 is 5.73 Å². The average Bonchev–Trinajstić information content (AvgIpc) is 3.24. The van der Waals surface area contributed by atoms with E-state index in [1.807, 2.05) is 78.9 Å². The Kier molecular flexibility index (Phi) is 5.42. The summed E-state index contributed by atoms with van der Waals surface area (Å²) in [4.78, 5) is 42.7. The van der Waals surface area contributed by atoms with Crippen LogP contribution in [0, 0.1) is 11.8 Å². The number of hydrogen-bond acceptors (Lipinski definition) is 5. The van der Waals surface area contributed by atoms with E-state index in [1.165, 1.54) is 4.90 Å². The van der Waals surface area contributed by atoms with Crippen molar-refractivity contribution in [1.82, 2.24) is 10.3 Å². The van der Waals surface area contributed by atoms with E-state index in [2.05, 4.69) is 10.5 Å². The third-order valence-corrected chi connectivity index (χ3v) is 8.60. The Labute approximate surface area is 231 Å². The fourth-order valence-electron chi connectivity index (χ4n) is 6.99. The van der Waals surface area contributed by atoms with Crippen LogP contribution in [-0.4, -0.2) is 28.8 Å². The topological polar surface area (TPSA) is 105 Å². The van der Waals surface area contributed by atoms with Crippen molar-refractivity contribution in [2.75, 3.05) is 5.73 Å². The van der Waals surface area contributed by atoms with Gasteiger partial charge >= 0.3 is 0 Å². The fourth-order valence-corrected chi connectivity index (χ4v) is 6.99. The molecule has 1 heterocycles. The number of imide groups is 1. The summed E-state index contributed by atoms with van der Waals surface area (Å²) in [6, 6.07) is 32.2. The molecule has 2 atom stereocenters. The molecule has 4 aromatic rings. The zero-order chi connectivity index (χ0) is 27.4. The molecule has 0 radical (unpaired) electrons. The second-order valence-electron chi connectivity index (χ2n) is 10.6. The van der Waals surface area contributed by atoms with Crippen LogP contribution in [0.2, 0.25) is 0 Å². The summed E-state index contributed by atoms with van der Waals surface area (Å²) in [5.41, 5.74) is 13.0. The number of anilines is 1. The summed E-state index contributed by atoms with van der Waals surface area (Å²) in [5.74, 6) is -2.37. The van der Waals surface area contributed by atoms with E-state index < -0.39 is 23.2 Å². The molecule has 0 aromatic heterocycles. The Morgan fingerprint density at radius 3 is 2.10 bits per heavy atom. The Bertz CT molecular complexity index is 1670. The highest BCUT2D eigenvalue weighted by molar-refractivity contribution is 6.11. The maximum Gasteiger partial charge on any atom is 0.273 e. The van der Waals surface area contributed by atoms with Crippen LogP contribution in [-0.2, 0) is 21.5 Å². The molecular weight excluding hydrogens is 500 g/mol. The average molecular weight is 527 g/mol. The van der Waals surface area contributed by atoms with Gasteiger partial charge in [0.2, 0.25) is 11.8 Å². The Hall–Kier alpha value is -5.04. The van der Waals surface area contributed by atoms with Crippen molar-refractivity contribution < 1.29 is 14.4 Å². The third kappa shape index (κ3) is 3.30. The van der Waals surface area contributed by atoms with Crippen molar-refractivity contribution in [3.63, 3.8) is 0 Å². The quantitative estimate of drug-likeness (QED) is 0.176. The second kappa shape index (κ2) is 9.02. The molecule has 3 N–H and O–H groups in total. The van der Waals surface area contributed by atoms with Crippen LogP contribution in [0.4, 0.5) is 5.69 Å². The maximum atomic E-state index is 14.3. The minimum atomic E-state index is -1.04. The lowest BCUT2D eigenvalue weighted by Crippen LogP contribution is -2.54. The van der Waals surface area contributed by atoms with Gasteiger partial charge in [0.15, 0.2) is 0 Å². The predicted octanol–water partition coefficient (Wildman–Crippen LogP) is 4.23. The van der Waals surface area contributed by atoms with E-state index in [-0.39, 0.29) is 24.3 Å². The van der Waals surface area contributed by atoms with Gasteiger partial charge in [-0.1, -0.05) is 91.0 Å². The van der Waals surface area contributed by atoms with Crippen LogP contribution in [0.5, 0.6) is 0 Å². The van der Waals surface area contributed by atoms with Crippen LogP contribution in [0.3, 0.4) is 0 Å². The molecule has 1 aliphatic heterocycles. The van der Waals surface area contributed by atoms with Gasteiger partial charge in [0, 0.05) is 17.8 Å². The fraction of sp³-hybridized carbons (Fsp3) is 0.152. The molecule has 3 aliphatic carbocycles. The van der Waals surface area contributed by atoms with Crippen molar-refractivity contribution in [1.29, 1.82) is 0 Å². The molecule has 1 saturated heterocycles. The number of nitrogens with two attached hydrogens (primary N) is 1. The normalized spacial score (nSPS) is 24.1. The number of hydrazone groups is 1. The number of hydrogen-bond donors (Lipinski definition) is 2. The van der Waals surface area contributed by atoms with Crippen LogP contribution in [0.25, 0.3) is 0 Å². The zero-order valence-corrected chi connectivity index (χ0v) is 21.5. The van der Waals surface area contributed by atoms with Gasteiger partial charge in [-0.25, -0.2) is 5.43 Å². The molecule has 4 aromatic carbocycles. The molecule has 1 fully saturated rings. The number of nitrogens with zero attached hydrogens (tertiary/aromatic N) is 2. The van der Waals surface area contributed by atoms with Gasteiger partial charge in [0.1, 0.15) is 0 Å². The summed E-state index contributed by atoms with van der Waals surface area (Å²) >= 11 is 0. The molecule has 3 amide bonds. The molecule has 7 heteroatoms. The number of benzene rings is 4. The van der Waals surface area contributed by atoms with Gasteiger partial charge in [-0.2, -0.15) is 5.10 Å². The van der Waals surface area contributed by atoms with E-state index in [0.717, 1.165) is 27.8 Å². The van der Waals surface area contributed by atoms with Crippen LogP contribution < -0.4 is 11.2 Å². The van der Waals surface area contributed by atoms with Gasteiger partial charge in [-0.15, -0.1) is 0 Å². The summed E-state index contributed by atoms with van der Waals surface area (Å²) in [6.45, 7) is 0.210. The first kappa shape index (κ1) is 24.0. The van der Waals surface area contributed by atoms with Crippen LogP contribution in [0.15, 0.2) is 108 Å². The zero-order valence-electron chi connectivity index (χ0n) is 21.5. The summed E-state index contributed by atoms with van der Waals surface area (Å²) in [7, 11) is 0. The monoisotopic (exact) mass is 526 g/mol. The van der Waals surface area contributed by atoms with E-state index >= 15 is 0 Å². The Morgan fingerprint density at radius 2 is 1.43 bits per heavy atom. The third-order valence-electron chi connectivity index (χ3n) is 8.60. The standard InChI is InChI=1S/C33H26N4O3/c34-26-17-9-6-14-23(26)30(38)36-35-19-33-24-15-7-4-12-21(24)27(22-13-5-8-16-25(22)33)28-29(33)32(40)37(31(28)39)18-20-10-2-1-3-11-20/h1-17,19,27-29H,18,34H2,(H,36,38)/b35-19+. The first-order chi connectivity index (χ1) is 19.5. The van der Waals surface area contributed by atoms with E-state index in [4.69, 9.17) is 5.73 Å². The Morgan fingerprint density at radius 1 is 0.825 bits per heavy atom. The number of carbonyl (C=O) groups is 3. The van der Waals surface area contributed by atoms with Crippen LogP contribution >= 0.6 is 0 Å². The minimum absolute atomic E-state index is 0.174. The number of likely N-dealkylation sites (tertiary alicyclic amines) is 1. The number of rotatable bonds is 5. The molecule has 196 valence electrons. The molecule has 40 heavy (non-hydrogen) atoms. The molecule has 0 spiro atoms. The molecule has 7 nitrogen and oxygen atoms in total. The van der Waals surface area contributed by atoms with E-state index in [1.54, 1.807) is 30.5 Å². The molecule has 4 aliphatic rings. The van der Waals surface area contributed by atoms with Gasteiger partial charge in [-0.05, 0) is 39.9 Å². The molecule has 2 bridgehead atoms. The van der Waals surface area contributed by atoms with Crippen molar-refractivity contribution in [3.05, 3.63) is 137 Å². The minimum Gasteiger partial charge on any atom is -0.398 e. The SMILES string of the molecule is Nc1ccccc1C(=O)N/N=C/C12c3ccccc3C(c3ccccc31)C1C(=O)N(Cc3ccccc3)C(=O)C12.